The second-order valence-electron chi connectivity index (χ2n) is 6.72. The van der Waals surface area contributed by atoms with Gasteiger partial charge in [0.25, 0.3) is 0 Å². The van der Waals surface area contributed by atoms with E-state index in [4.69, 9.17) is 0 Å². The van der Waals surface area contributed by atoms with Crippen LogP contribution in [0.1, 0.15) is 45.3 Å². The fraction of sp³-hybridized carbons (Fsp3) is 0.588. The van der Waals surface area contributed by atoms with Gasteiger partial charge in [-0.2, -0.15) is 0 Å². The van der Waals surface area contributed by atoms with E-state index < -0.39 is 5.54 Å². The molecule has 0 aromatic heterocycles. The Hall–Kier alpha value is -1.42. The van der Waals surface area contributed by atoms with Gasteiger partial charge in [-0.1, -0.05) is 26.0 Å². The number of carbonyl (C=O) groups excluding carboxylic acids is 1. The maximum atomic E-state index is 13.5. The van der Waals surface area contributed by atoms with Crippen molar-refractivity contribution in [1.82, 2.24) is 10.2 Å². The Balaban J connectivity index is 1.90. The molecule has 4 atom stereocenters. The molecule has 3 rings (SSSR count). The molecule has 1 aromatic rings. The molecule has 2 fully saturated rings. The van der Waals surface area contributed by atoms with Crippen molar-refractivity contribution in [2.24, 2.45) is 11.8 Å². The van der Waals surface area contributed by atoms with Gasteiger partial charge in [0.2, 0.25) is 5.91 Å². The highest BCUT2D eigenvalue weighted by atomic mass is 19.1. The maximum absolute atomic E-state index is 13.5. The zero-order valence-electron chi connectivity index (χ0n) is 12.9. The van der Waals surface area contributed by atoms with Crippen molar-refractivity contribution in [1.29, 1.82) is 0 Å². The van der Waals surface area contributed by atoms with E-state index in [0.717, 1.165) is 18.5 Å². The van der Waals surface area contributed by atoms with Gasteiger partial charge in [-0.15, -0.1) is 0 Å². The number of carbonyl (C=O) groups is 1. The average molecular weight is 290 g/mol. The zero-order valence-corrected chi connectivity index (χ0v) is 12.9. The van der Waals surface area contributed by atoms with E-state index in [-0.39, 0.29) is 17.9 Å². The summed E-state index contributed by atoms with van der Waals surface area (Å²) in [5.74, 6) is 1.16. The molecule has 4 heteroatoms. The first kappa shape index (κ1) is 14.5. The van der Waals surface area contributed by atoms with E-state index >= 15 is 0 Å². The summed E-state index contributed by atoms with van der Waals surface area (Å²) in [7, 11) is 0. The van der Waals surface area contributed by atoms with Crippen LogP contribution in [0.4, 0.5) is 4.39 Å². The minimum absolute atomic E-state index is 0.137. The number of nitrogens with zero attached hydrogens (tertiary/aromatic N) is 1. The summed E-state index contributed by atoms with van der Waals surface area (Å²) >= 11 is 0. The predicted octanol–water partition coefficient (Wildman–Crippen LogP) is 3.08. The average Bonchev–Trinajstić information content (AvgIpc) is 3.10. The van der Waals surface area contributed by atoms with Crippen molar-refractivity contribution in [3.05, 3.63) is 35.6 Å². The van der Waals surface area contributed by atoms with Crippen LogP contribution in [0.25, 0.3) is 0 Å². The molecular weight excluding hydrogens is 267 g/mol. The number of halogens is 1. The van der Waals surface area contributed by atoms with Crippen LogP contribution < -0.4 is 5.32 Å². The number of nitrogens with one attached hydrogen (secondary N) is 1. The minimum Gasteiger partial charge on any atom is -0.321 e. The number of rotatable bonds is 4. The first-order chi connectivity index (χ1) is 9.94. The summed E-state index contributed by atoms with van der Waals surface area (Å²) in [6, 6.07) is 6.55. The predicted molar refractivity (Wildman–Crippen MR) is 80.0 cm³/mol. The lowest BCUT2D eigenvalue weighted by Gasteiger charge is -2.24. The molecule has 1 amide bonds. The molecule has 0 radical (unpaired) electrons. The molecule has 114 valence electrons. The van der Waals surface area contributed by atoms with Gasteiger partial charge in [-0.3, -0.25) is 10.1 Å². The van der Waals surface area contributed by atoms with Crippen molar-refractivity contribution in [2.75, 3.05) is 6.54 Å². The molecule has 4 unspecified atom stereocenters. The molecule has 1 aliphatic carbocycles. The molecule has 1 saturated carbocycles. The standard InChI is InChI=1S/C17H23FN2O/c1-4-17(3)16(21)20(10-13-8-11(13)2)15(19-17)12-6-5-7-14(18)9-12/h5-7,9,11,13,15,19H,4,8,10H2,1-3H3. The molecule has 0 spiro atoms. The van der Waals surface area contributed by atoms with Crippen molar-refractivity contribution in [3.63, 3.8) is 0 Å². The highest BCUT2D eigenvalue weighted by Gasteiger charge is 2.49. The van der Waals surface area contributed by atoms with Crippen LogP contribution in [0.3, 0.4) is 0 Å². The summed E-state index contributed by atoms with van der Waals surface area (Å²) < 4.78 is 13.5. The van der Waals surface area contributed by atoms with E-state index in [2.05, 4.69) is 12.2 Å². The summed E-state index contributed by atoms with van der Waals surface area (Å²) in [5, 5.41) is 3.42. The van der Waals surface area contributed by atoms with Gasteiger partial charge < -0.3 is 4.90 Å². The molecule has 0 bridgehead atoms. The third kappa shape index (κ3) is 2.57. The van der Waals surface area contributed by atoms with E-state index in [0.29, 0.717) is 11.8 Å². The Labute approximate surface area is 125 Å². The maximum Gasteiger partial charge on any atom is 0.244 e. The molecule has 1 aromatic carbocycles. The summed E-state index contributed by atoms with van der Waals surface area (Å²) in [6.07, 6.45) is 1.70. The van der Waals surface area contributed by atoms with Crippen LogP contribution in [0.15, 0.2) is 24.3 Å². The fourth-order valence-electron chi connectivity index (χ4n) is 3.16. The highest BCUT2D eigenvalue weighted by molar-refractivity contribution is 5.88. The van der Waals surface area contributed by atoms with E-state index in [1.165, 1.54) is 18.6 Å². The Kier molecular flexibility index (Phi) is 3.52. The van der Waals surface area contributed by atoms with E-state index in [9.17, 15) is 9.18 Å². The zero-order chi connectivity index (χ0) is 15.2. The molecule has 1 heterocycles. The van der Waals surface area contributed by atoms with Crippen molar-refractivity contribution in [3.8, 4) is 0 Å². The van der Waals surface area contributed by atoms with Crippen LogP contribution >= 0.6 is 0 Å². The highest BCUT2D eigenvalue weighted by Crippen LogP contribution is 2.42. The van der Waals surface area contributed by atoms with Crippen molar-refractivity contribution >= 4 is 5.91 Å². The number of hydrogen-bond donors (Lipinski definition) is 1. The Morgan fingerprint density at radius 1 is 1.48 bits per heavy atom. The number of amides is 1. The third-order valence-corrected chi connectivity index (χ3v) is 5.08. The largest absolute Gasteiger partial charge is 0.321 e. The third-order valence-electron chi connectivity index (χ3n) is 5.08. The van der Waals surface area contributed by atoms with Crippen molar-refractivity contribution < 1.29 is 9.18 Å². The van der Waals surface area contributed by atoms with Gasteiger partial charge >= 0.3 is 0 Å². The van der Waals surface area contributed by atoms with Crippen LogP contribution in [0.5, 0.6) is 0 Å². The van der Waals surface area contributed by atoms with Gasteiger partial charge in [0.15, 0.2) is 0 Å². The van der Waals surface area contributed by atoms with Gasteiger partial charge in [0, 0.05) is 6.54 Å². The molecule has 1 aliphatic heterocycles. The first-order valence-corrected chi connectivity index (χ1v) is 7.79. The van der Waals surface area contributed by atoms with Gasteiger partial charge in [-0.05, 0) is 49.3 Å². The Morgan fingerprint density at radius 3 is 2.76 bits per heavy atom. The van der Waals surface area contributed by atoms with Gasteiger partial charge in [0.1, 0.15) is 12.0 Å². The molecule has 21 heavy (non-hydrogen) atoms. The van der Waals surface area contributed by atoms with E-state index in [1.807, 2.05) is 24.8 Å². The lowest BCUT2D eigenvalue weighted by atomic mass is 9.99. The normalized spacial score (nSPS) is 35.3. The number of hydrogen-bond acceptors (Lipinski definition) is 2. The monoisotopic (exact) mass is 290 g/mol. The summed E-state index contributed by atoms with van der Waals surface area (Å²) in [4.78, 5) is 14.7. The van der Waals surface area contributed by atoms with Gasteiger partial charge in [-0.25, -0.2) is 4.39 Å². The lowest BCUT2D eigenvalue weighted by molar-refractivity contribution is -0.133. The van der Waals surface area contributed by atoms with Crippen LogP contribution in [-0.2, 0) is 4.79 Å². The van der Waals surface area contributed by atoms with Gasteiger partial charge in [0.05, 0.1) is 5.54 Å². The topological polar surface area (TPSA) is 32.3 Å². The fourth-order valence-corrected chi connectivity index (χ4v) is 3.16. The molecule has 1 N–H and O–H groups in total. The van der Waals surface area contributed by atoms with Crippen molar-refractivity contribution in [2.45, 2.75) is 45.3 Å². The molecular formula is C17H23FN2O. The van der Waals surface area contributed by atoms with Crippen LogP contribution in [0.2, 0.25) is 0 Å². The SMILES string of the molecule is CCC1(C)NC(c2cccc(F)c2)N(CC2CC2C)C1=O. The molecule has 2 aliphatic rings. The quantitative estimate of drug-likeness (QED) is 0.924. The first-order valence-electron chi connectivity index (χ1n) is 7.79. The Morgan fingerprint density at radius 2 is 2.19 bits per heavy atom. The lowest BCUT2D eigenvalue weighted by Crippen LogP contribution is -2.43. The Bertz CT molecular complexity index is 561. The second-order valence-corrected chi connectivity index (χ2v) is 6.72. The second kappa shape index (κ2) is 5.09. The van der Waals surface area contributed by atoms with E-state index in [1.54, 1.807) is 6.07 Å². The van der Waals surface area contributed by atoms with Crippen LogP contribution in [0, 0.1) is 17.7 Å². The van der Waals surface area contributed by atoms with Crippen LogP contribution in [-0.4, -0.2) is 22.9 Å². The molecule has 3 nitrogen and oxygen atoms in total. The smallest absolute Gasteiger partial charge is 0.244 e. The number of benzene rings is 1. The molecule has 1 saturated heterocycles. The summed E-state index contributed by atoms with van der Waals surface area (Å²) in [6.45, 7) is 6.94. The minimum atomic E-state index is -0.547. The summed E-state index contributed by atoms with van der Waals surface area (Å²) in [5.41, 5.74) is 0.281.